The molecule has 2 aromatic heterocycles. The van der Waals surface area contributed by atoms with Gasteiger partial charge in [0.05, 0.1) is 0 Å². The molecule has 0 spiro atoms. The summed E-state index contributed by atoms with van der Waals surface area (Å²) in [6.45, 7) is 2.15. The van der Waals surface area contributed by atoms with E-state index < -0.39 is 0 Å². The average molecular weight is 642 g/mol. The van der Waals surface area contributed by atoms with Crippen LogP contribution in [0.4, 0.5) is 0 Å². The lowest BCUT2D eigenvalue weighted by molar-refractivity contribution is 0.670. The highest BCUT2D eigenvalue weighted by atomic mass is 16.3. The third kappa shape index (κ3) is 5.43. The number of nitrogens with zero attached hydrogens (tertiary/aromatic N) is 3. The molecule has 0 aliphatic heterocycles. The molecule has 2 heterocycles. The van der Waals surface area contributed by atoms with Crippen molar-refractivity contribution in [1.82, 2.24) is 15.0 Å². The van der Waals surface area contributed by atoms with Crippen LogP contribution in [0.3, 0.4) is 0 Å². The zero-order chi connectivity index (χ0) is 33.4. The molecular formula is C46H31N3O. The Labute approximate surface area is 290 Å². The van der Waals surface area contributed by atoms with Crippen molar-refractivity contribution in [1.29, 1.82) is 0 Å². The minimum Gasteiger partial charge on any atom is -0.455 e. The van der Waals surface area contributed by atoms with Gasteiger partial charge < -0.3 is 4.42 Å². The van der Waals surface area contributed by atoms with Crippen LogP contribution in [-0.2, 0) is 0 Å². The van der Waals surface area contributed by atoms with Gasteiger partial charge in [-0.3, -0.25) is 0 Å². The zero-order valence-electron chi connectivity index (χ0n) is 27.4. The van der Waals surface area contributed by atoms with Crippen molar-refractivity contribution >= 4 is 21.9 Å². The van der Waals surface area contributed by atoms with E-state index in [0.717, 1.165) is 66.4 Å². The van der Waals surface area contributed by atoms with E-state index in [-0.39, 0.29) is 0 Å². The summed E-state index contributed by atoms with van der Waals surface area (Å²) in [7, 11) is 0. The molecule has 0 amide bonds. The van der Waals surface area contributed by atoms with E-state index in [1.165, 1.54) is 11.1 Å². The van der Waals surface area contributed by atoms with E-state index in [4.69, 9.17) is 19.4 Å². The molecule has 0 unspecified atom stereocenters. The number of rotatable bonds is 6. The van der Waals surface area contributed by atoms with Crippen LogP contribution in [0.2, 0.25) is 0 Å². The van der Waals surface area contributed by atoms with Crippen molar-refractivity contribution < 1.29 is 4.42 Å². The van der Waals surface area contributed by atoms with Crippen molar-refractivity contribution in [3.63, 3.8) is 0 Å². The van der Waals surface area contributed by atoms with Crippen LogP contribution >= 0.6 is 0 Å². The molecule has 0 aliphatic carbocycles. The maximum absolute atomic E-state index is 6.62. The Hall–Kier alpha value is -6.65. The first-order valence-electron chi connectivity index (χ1n) is 16.8. The lowest BCUT2D eigenvalue weighted by Gasteiger charge is -2.12. The largest absolute Gasteiger partial charge is 0.455 e. The molecular weight excluding hydrogens is 611 g/mol. The van der Waals surface area contributed by atoms with Crippen molar-refractivity contribution in [2.24, 2.45) is 0 Å². The van der Waals surface area contributed by atoms with Gasteiger partial charge in [-0.15, -0.1) is 0 Å². The van der Waals surface area contributed by atoms with Gasteiger partial charge in [-0.25, -0.2) is 15.0 Å². The summed E-state index contributed by atoms with van der Waals surface area (Å²) in [5, 5.41) is 2.22. The number of para-hydroxylation sites is 1. The molecule has 0 atom stereocenters. The minimum atomic E-state index is 0.636. The van der Waals surface area contributed by atoms with Gasteiger partial charge in [-0.1, -0.05) is 146 Å². The van der Waals surface area contributed by atoms with Gasteiger partial charge in [0.1, 0.15) is 11.2 Å². The molecule has 7 aromatic carbocycles. The molecule has 4 heteroatoms. The Bertz CT molecular complexity index is 2590. The van der Waals surface area contributed by atoms with E-state index in [1.54, 1.807) is 0 Å². The summed E-state index contributed by atoms with van der Waals surface area (Å²) in [4.78, 5) is 14.8. The molecule has 0 fully saturated rings. The van der Waals surface area contributed by atoms with E-state index >= 15 is 0 Å². The molecule has 0 saturated heterocycles. The van der Waals surface area contributed by atoms with Crippen LogP contribution in [0.15, 0.2) is 174 Å². The zero-order valence-corrected chi connectivity index (χ0v) is 27.4. The Balaban J connectivity index is 1.13. The SMILES string of the molecule is Cc1ccc(-c2nc(-c3ccccc3)nc(-c3ccccc3)n2)cc1-c1cccc(-c2cccc3c2oc2cc(-c4ccccc4)ccc23)c1. The van der Waals surface area contributed by atoms with Gasteiger partial charge in [0.2, 0.25) is 0 Å². The third-order valence-corrected chi connectivity index (χ3v) is 9.29. The number of hydrogen-bond donors (Lipinski definition) is 0. The second-order valence-corrected chi connectivity index (χ2v) is 12.5. The smallest absolute Gasteiger partial charge is 0.164 e. The maximum atomic E-state index is 6.62. The maximum Gasteiger partial charge on any atom is 0.164 e. The van der Waals surface area contributed by atoms with Gasteiger partial charge in [-0.2, -0.15) is 0 Å². The topological polar surface area (TPSA) is 51.8 Å². The lowest BCUT2D eigenvalue weighted by atomic mass is 9.94. The van der Waals surface area contributed by atoms with Crippen molar-refractivity contribution in [2.45, 2.75) is 6.92 Å². The highest BCUT2D eigenvalue weighted by Gasteiger charge is 2.16. The fourth-order valence-corrected chi connectivity index (χ4v) is 6.70. The fraction of sp³-hybridized carbons (Fsp3) is 0.0217. The van der Waals surface area contributed by atoms with E-state index in [0.29, 0.717) is 17.5 Å². The molecule has 236 valence electrons. The van der Waals surface area contributed by atoms with Crippen LogP contribution in [0.5, 0.6) is 0 Å². The van der Waals surface area contributed by atoms with Crippen molar-refractivity contribution in [3.05, 3.63) is 175 Å². The number of hydrogen-bond acceptors (Lipinski definition) is 4. The van der Waals surface area contributed by atoms with Crippen molar-refractivity contribution in [3.8, 4) is 67.5 Å². The molecule has 0 radical (unpaired) electrons. The molecule has 9 rings (SSSR count). The molecule has 9 aromatic rings. The van der Waals surface area contributed by atoms with E-state index in [2.05, 4.69) is 110 Å². The summed E-state index contributed by atoms with van der Waals surface area (Å²) >= 11 is 0. The first-order chi connectivity index (χ1) is 24.7. The number of fused-ring (bicyclic) bond motifs is 3. The van der Waals surface area contributed by atoms with Gasteiger partial charge in [0, 0.05) is 33.0 Å². The first-order valence-corrected chi connectivity index (χ1v) is 16.8. The highest BCUT2D eigenvalue weighted by Crippen LogP contribution is 2.39. The lowest BCUT2D eigenvalue weighted by Crippen LogP contribution is -2.00. The van der Waals surface area contributed by atoms with Gasteiger partial charge in [-0.05, 0) is 64.6 Å². The molecule has 50 heavy (non-hydrogen) atoms. The fourth-order valence-electron chi connectivity index (χ4n) is 6.70. The summed E-state index contributed by atoms with van der Waals surface area (Å²) in [6, 6.07) is 58.6. The second kappa shape index (κ2) is 12.4. The quantitative estimate of drug-likeness (QED) is 0.181. The van der Waals surface area contributed by atoms with Crippen LogP contribution < -0.4 is 0 Å². The Morgan fingerprint density at radius 1 is 0.360 bits per heavy atom. The number of benzene rings is 7. The van der Waals surface area contributed by atoms with E-state index in [1.807, 2.05) is 66.7 Å². The molecule has 0 saturated carbocycles. The second-order valence-electron chi connectivity index (χ2n) is 12.5. The summed E-state index contributed by atoms with van der Waals surface area (Å²) in [5.41, 5.74) is 12.5. The van der Waals surface area contributed by atoms with Crippen LogP contribution in [0.1, 0.15) is 5.56 Å². The first kappa shape index (κ1) is 29.5. The summed E-state index contributed by atoms with van der Waals surface area (Å²) in [6.07, 6.45) is 0. The number of aryl methyl sites for hydroxylation is 1. The highest BCUT2D eigenvalue weighted by molar-refractivity contribution is 6.10. The number of aromatic nitrogens is 3. The van der Waals surface area contributed by atoms with Gasteiger partial charge in [0.25, 0.3) is 0 Å². The van der Waals surface area contributed by atoms with Gasteiger partial charge in [0.15, 0.2) is 17.5 Å². The number of furan rings is 1. The predicted molar refractivity (Wildman–Crippen MR) is 204 cm³/mol. The molecule has 0 aliphatic rings. The Morgan fingerprint density at radius 3 is 1.56 bits per heavy atom. The van der Waals surface area contributed by atoms with Gasteiger partial charge >= 0.3 is 0 Å². The average Bonchev–Trinajstić information content (AvgIpc) is 3.57. The molecule has 0 N–H and O–H groups in total. The minimum absolute atomic E-state index is 0.636. The summed E-state index contributed by atoms with van der Waals surface area (Å²) in [5.74, 6) is 1.93. The standard InChI is InChI=1S/C46H31N3O/c1-30-23-24-37(46-48-44(32-15-7-3-8-16-32)47-45(49-46)33-17-9-4-10-18-33)28-41(30)36-20-11-19-35(27-36)38-21-12-22-40-39-26-25-34(29-42(39)50-43(38)40)31-13-5-2-6-14-31/h2-29H,1H3. The summed E-state index contributed by atoms with van der Waals surface area (Å²) < 4.78 is 6.62. The van der Waals surface area contributed by atoms with E-state index in [9.17, 15) is 0 Å². The van der Waals surface area contributed by atoms with Crippen LogP contribution in [0, 0.1) is 6.92 Å². The normalized spacial score (nSPS) is 11.3. The third-order valence-electron chi connectivity index (χ3n) is 9.29. The molecule has 4 nitrogen and oxygen atoms in total. The van der Waals surface area contributed by atoms with Crippen molar-refractivity contribution in [2.75, 3.05) is 0 Å². The predicted octanol–water partition coefficient (Wildman–Crippen LogP) is 12.1. The van der Waals surface area contributed by atoms with Crippen LogP contribution in [-0.4, -0.2) is 15.0 Å². The molecule has 0 bridgehead atoms. The Kier molecular flexibility index (Phi) is 7.33. The Morgan fingerprint density at radius 2 is 0.900 bits per heavy atom. The monoisotopic (exact) mass is 641 g/mol. The van der Waals surface area contributed by atoms with Crippen LogP contribution in [0.25, 0.3) is 89.5 Å².